The molecular weight excluding hydrogens is 372 g/mol. The molecule has 102 valence electrons. The van der Waals surface area contributed by atoms with Gasteiger partial charge in [-0.1, -0.05) is 6.07 Å². The molecule has 0 fully saturated rings. The van der Waals surface area contributed by atoms with Gasteiger partial charge in [0.1, 0.15) is 20.2 Å². The van der Waals surface area contributed by atoms with Crippen molar-refractivity contribution in [3.63, 3.8) is 0 Å². The Morgan fingerprint density at radius 1 is 0.857 bits per heavy atom. The molecule has 0 spiro atoms. The van der Waals surface area contributed by atoms with Gasteiger partial charge < -0.3 is 14.8 Å². The van der Waals surface area contributed by atoms with E-state index in [1.165, 1.54) is 12.1 Å². The average molecular weight is 379 g/mol. The molecule has 2 aromatic carbocycles. The van der Waals surface area contributed by atoms with E-state index in [-0.39, 0.29) is 119 Å². The third-order valence-electron chi connectivity index (χ3n) is 2.47. The minimum absolute atomic E-state index is 0. The third-order valence-corrected chi connectivity index (χ3v) is 4.18. The van der Waals surface area contributed by atoms with Gasteiger partial charge in [-0.2, -0.15) is 0 Å². The normalized spacial score (nSPS) is 11.5. The van der Waals surface area contributed by atoms with E-state index >= 15 is 0 Å². The second-order valence-electron chi connectivity index (χ2n) is 3.81. The van der Waals surface area contributed by atoms with Crippen LogP contribution in [-0.2, 0) is 20.2 Å². The average Bonchev–Trinajstić information content (AvgIpc) is 2.24. The number of nitrogen functional groups attached to an aromatic ring is 1. The summed E-state index contributed by atoms with van der Waals surface area (Å²) in [5.74, 6) is 0. The summed E-state index contributed by atoms with van der Waals surface area (Å²) in [6.45, 7) is 0. The molecule has 0 heterocycles. The molecule has 21 heavy (non-hydrogen) atoms. The zero-order valence-corrected chi connectivity index (χ0v) is 19.1. The number of anilines is 1. The zero-order valence-electron chi connectivity index (χ0n) is 11.2. The minimum atomic E-state index is -4.84. The fraction of sp³-hybridized carbons (Fsp3) is 0. The SMILES string of the molecule is Nc1cc(S(=O)(=O)[O-])c2cc(S(=O)(=O)[O-])ccc2c1.[K+].[K+]. The van der Waals surface area contributed by atoms with E-state index in [1.54, 1.807) is 0 Å². The van der Waals surface area contributed by atoms with Crippen LogP contribution in [0.1, 0.15) is 0 Å². The molecule has 0 amide bonds. The fourth-order valence-corrected chi connectivity index (χ4v) is 2.91. The number of rotatable bonds is 2. The van der Waals surface area contributed by atoms with Crippen molar-refractivity contribution in [3.8, 4) is 0 Å². The van der Waals surface area contributed by atoms with E-state index < -0.39 is 30.0 Å². The fourth-order valence-electron chi connectivity index (χ4n) is 1.69. The molecule has 0 aliphatic rings. The van der Waals surface area contributed by atoms with Crippen LogP contribution >= 0.6 is 0 Å². The maximum absolute atomic E-state index is 11.1. The topological polar surface area (TPSA) is 140 Å². The molecule has 0 saturated carbocycles. The Bertz CT molecular complexity index is 880. The van der Waals surface area contributed by atoms with E-state index in [9.17, 15) is 25.9 Å². The van der Waals surface area contributed by atoms with Gasteiger partial charge in [-0.25, -0.2) is 16.8 Å². The zero-order chi connectivity index (χ0) is 14.4. The van der Waals surface area contributed by atoms with Crippen LogP contribution in [0.3, 0.4) is 0 Å². The Morgan fingerprint density at radius 3 is 1.90 bits per heavy atom. The molecule has 0 radical (unpaired) electrons. The van der Waals surface area contributed by atoms with Crippen LogP contribution in [0, 0.1) is 0 Å². The summed E-state index contributed by atoms with van der Waals surface area (Å²) in [6.07, 6.45) is 0. The van der Waals surface area contributed by atoms with Gasteiger partial charge in [0.2, 0.25) is 0 Å². The smallest absolute Gasteiger partial charge is 0.744 e. The summed E-state index contributed by atoms with van der Waals surface area (Å²) < 4.78 is 66.1. The van der Waals surface area contributed by atoms with Crippen LogP contribution in [0.4, 0.5) is 5.69 Å². The predicted molar refractivity (Wildman–Crippen MR) is 64.3 cm³/mol. The number of fused-ring (bicyclic) bond motifs is 1. The molecule has 0 aromatic heterocycles. The predicted octanol–water partition coefficient (Wildman–Crippen LogP) is -5.76. The van der Waals surface area contributed by atoms with Gasteiger partial charge >= 0.3 is 103 Å². The molecule has 0 aliphatic heterocycles. The molecule has 11 heteroatoms. The molecule has 2 rings (SSSR count). The number of nitrogens with two attached hydrogens (primary N) is 1. The van der Waals surface area contributed by atoms with Crippen LogP contribution in [0.5, 0.6) is 0 Å². The molecule has 7 nitrogen and oxygen atoms in total. The van der Waals surface area contributed by atoms with Crippen LogP contribution in [-0.4, -0.2) is 25.9 Å². The third kappa shape index (κ3) is 5.57. The van der Waals surface area contributed by atoms with Crippen molar-refractivity contribution in [1.29, 1.82) is 0 Å². The van der Waals surface area contributed by atoms with Crippen molar-refractivity contribution in [1.82, 2.24) is 0 Å². The van der Waals surface area contributed by atoms with E-state index in [4.69, 9.17) is 5.73 Å². The molecule has 2 N–H and O–H groups in total. The standard InChI is InChI=1S/C10H9NO6S2.2K/c11-7-3-6-1-2-8(18(12,13)14)5-9(6)10(4-7)19(15,16)17;;/h1-5H,11H2,(H,12,13,14)(H,15,16,17);;/q;2*+1/p-2. The molecule has 0 atom stereocenters. The molecular formula is C10H7K2NO6S2. The van der Waals surface area contributed by atoms with Crippen molar-refractivity contribution >= 4 is 36.7 Å². The Morgan fingerprint density at radius 2 is 1.43 bits per heavy atom. The molecule has 2 aromatic rings. The van der Waals surface area contributed by atoms with Gasteiger partial charge in [-0.15, -0.1) is 0 Å². The summed E-state index contributed by atoms with van der Waals surface area (Å²) in [6, 6.07) is 5.37. The molecule has 0 saturated heterocycles. The van der Waals surface area contributed by atoms with Gasteiger partial charge in [-0.3, -0.25) is 0 Å². The summed E-state index contributed by atoms with van der Waals surface area (Å²) in [5.41, 5.74) is 5.50. The van der Waals surface area contributed by atoms with Gasteiger partial charge in [0.05, 0.1) is 9.79 Å². The minimum Gasteiger partial charge on any atom is -0.744 e. The largest absolute Gasteiger partial charge is 1.00 e. The molecule has 0 unspecified atom stereocenters. The van der Waals surface area contributed by atoms with Crippen LogP contribution in [0.15, 0.2) is 40.1 Å². The maximum atomic E-state index is 11.1. The quantitative estimate of drug-likeness (QED) is 0.311. The monoisotopic (exact) mass is 379 g/mol. The first kappa shape index (κ1) is 22.6. The van der Waals surface area contributed by atoms with E-state index in [0.717, 1.165) is 18.2 Å². The Kier molecular flexibility index (Phi) is 8.73. The van der Waals surface area contributed by atoms with Crippen molar-refractivity contribution in [2.45, 2.75) is 9.79 Å². The van der Waals surface area contributed by atoms with E-state index in [0.29, 0.717) is 0 Å². The second-order valence-corrected chi connectivity index (χ2v) is 6.54. The Balaban J connectivity index is 0.00000200. The number of hydrogen-bond donors (Lipinski definition) is 1. The van der Waals surface area contributed by atoms with Crippen molar-refractivity contribution in [2.75, 3.05) is 5.73 Å². The first-order valence-electron chi connectivity index (χ1n) is 4.84. The molecule has 0 bridgehead atoms. The summed E-state index contributed by atoms with van der Waals surface area (Å²) in [5, 5.41) is 0.1000. The number of benzene rings is 2. The van der Waals surface area contributed by atoms with E-state index in [2.05, 4.69) is 0 Å². The van der Waals surface area contributed by atoms with Gasteiger partial charge in [0.15, 0.2) is 0 Å². The van der Waals surface area contributed by atoms with Crippen molar-refractivity contribution in [3.05, 3.63) is 30.3 Å². The van der Waals surface area contributed by atoms with Gasteiger partial charge in [0, 0.05) is 11.1 Å². The number of hydrogen-bond acceptors (Lipinski definition) is 7. The van der Waals surface area contributed by atoms with Crippen molar-refractivity contribution in [2.24, 2.45) is 0 Å². The Hall–Kier alpha value is 1.59. The van der Waals surface area contributed by atoms with Crippen LogP contribution < -0.4 is 109 Å². The van der Waals surface area contributed by atoms with Gasteiger partial charge in [-0.05, 0) is 29.7 Å². The van der Waals surface area contributed by atoms with Gasteiger partial charge in [0.25, 0.3) is 0 Å². The summed E-state index contributed by atoms with van der Waals surface area (Å²) >= 11 is 0. The first-order chi connectivity index (χ1) is 8.59. The maximum Gasteiger partial charge on any atom is 1.00 e. The molecule has 0 aliphatic carbocycles. The van der Waals surface area contributed by atoms with Crippen LogP contribution in [0.2, 0.25) is 0 Å². The summed E-state index contributed by atoms with van der Waals surface area (Å²) in [7, 11) is -9.59. The van der Waals surface area contributed by atoms with E-state index in [1.807, 2.05) is 0 Å². The summed E-state index contributed by atoms with van der Waals surface area (Å²) in [4.78, 5) is -1.28. The Labute approximate surface area is 207 Å². The van der Waals surface area contributed by atoms with Crippen molar-refractivity contribution < 1.29 is 129 Å². The second kappa shape index (κ2) is 8.11. The van der Waals surface area contributed by atoms with Crippen LogP contribution in [0.25, 0.3) is 10.8 Å². The first-order valence-corrected chi connectivity index (χ1v) is 7.66.